The minimum absolute atomic E-state index is 0.135. The summed E-state index contributed by atoms with van der Waals surface area (Å²) in [6, 6.07) is 8.28. The first-order chi connectivity index (χ1) is 10.1. The van der Waals surface area contributed by atoms with Gasteiger partial charge in [-0.05, 0) is 70.2 Å². The van der Waals surface area contributed by atoms with Gasteiger partial charge in [-0.1, -0.05) is 18.2 Å². The van der Waals surface area contributed by atoms with Crippen LogP contribution in [0.1, 0.15) is 51.0 Å². The van der Waals surface area contributed by atoms with E-state index in [4.69, 9.17) is 4.74 Å². The van der Waals surface area contributed by atoms with Gasteiger partial charge in [-0.25, -0.2) is 0 Å². The average molecular weight is 289 g/mol. The Labute approximate surface area is 127 Å². The number of ether oxygens (including phenoxy) is 1. The lowest BCUT2D eigenvalue weighted by molar-refractivity contribution is -0.00780. The molecule has 0 amide bonds. The molecular formula is C18H27NO2. The smallest absolute Gasteiger partial charge is 0.122 e. The average Bonchev–Trinajstić information content (AvgIpc) is 3.02. The van der Waals surface area contributed by atoms with E-state index in [0.717, 1.165) is 38.3 Å². The number of para-hydroxylation sites is 1. The fourth-order valence-electron chi connectivity index (χ4n) is 3.72. The number of nitrogens with zero attached hydrogens (tertiary/aromatic N) is 1. The summed E-state index contributed by atoms with van der Waals surface area (Å²) in [6.45, 7) is 7.38. The Hall–Kier alpha value is -1.06. The first-order valence-electron chi connectivity index (χ1n) is 8.24. The quantitative estimate of drug-likeness (QED) is 0.924. The third kappa shape index (κ3) is 2.95. The molecule has 2 aliphatic heterocycles. The molecule has 116 valence electrons. The summed E-state index contributed by atoms with van der Waals surface area (Å²) >= 11 is 0. The molecule has 2 aliphatic rings. The van der Waals surface area contributed by atoms with Crippen LogP contribution in [0.3, 0.4) is 0 Å². The van der Waals surface area contributed by atoms with Gasteiger partial charge in [-0.3, -0.25) is 4.90 Å². The third-order valence-electron chi connectivity index (χ3n) is 5.33. The number of hydrogen-bond acceptors (Lipinski definition) is 3. The van der Waals surface area contributed by atoms with Crippen LogP contribution in [0.25, 0.3) is 0 Å². The highest BCUT2D eigenvalue weighted by molar-refractivity contribution is 5.37. The van der Waals surface area contributed by atoms with Crippen molar-refractivity contribution in [3.8, 4) is 5.75 Å². The van der Waals surface area contributed by atoms with Gasteiger partial charge < -0.3 is 9.84 Å². The van der Waals surface area contributed by atoms with Crippen molar-refractivity contribution < 1.29 is 9.84 Å². The number of fused-ring (bicyclic) bond motifs is 1. The lowest BCUT2D eigenvalue weighted by Crippen LogP contribution is -2.51. The molecule has 1 fully saturated rings. The van der Waals surface area contributed by atoms with E-state index in [1.807, 2.05) is 12.1 Å². The van der Waals surface area contributed by atoms with Gasteiger partial charge in [0.1, 0.15) is 5.75 Å². The second kappa shape index (κ2) is 5.98. The summed E-state index contributed by atoms with van der Waals surface area (Å²) in [5.74, 6) is 1.41. The molecular weight excluding hydrogens is 262 g/mol. The molecule has 1 saturated heterocycles. The highest BCUT2D eigenvalue weighted by atomic mass is 16.5. The fourth-order valence-corrected chi connectivity index (χ4v) is 3.72. The molecule has 0 saturated carbocycles. The van der Waals surface area contributed by atoms with Crippen molar-refractivity contribution in [1.82, 2.24) is 4.90 Å². The Balaban J connectivity index is 1.72. The molecule has 1 N–H and O–H groups in total. The molecule has 0 spiro atoms. The molecule has 0 bridgehead atoms. The molecule has 0 radical (unpaired) electrons. The number of aliphatic hydroxyl groups is 1. The highest BCUT2D eigenvalue weighted by Gasteiger charge is 2.37. The first kappa shape index (κ1) is 14.9. The highest BCUT2D eigenvalue weighted by Crippen LogP contribution is 2.38. The monoisotopic (exact) mass is 289 g/mol. The van der Waals surface area contributed by atoms with Crippen LogP contribution in [0.5, 0.6) is 5.75 Å². The van der Waals surface area contributed by atoms with Crippen LogP contribution >= 0.6 is 0 Å². The molecule has 0 aromatic heterocycles. The Bertz CT molecular complexity index is 480. The van der Waals surface area contributed by atoms with E-state index in [1.165, 1.54) is 18.4 Å². The Morgan fingerprint density at radius 3 is 2.76 bits per heavy atom. The summed E-state index contributed by atoms with van der Waals surface area (Å²) in [5, 5.41) is 10.8. The topological polar surface area (TPSA) is 32.7 Å². The molecule has 0 aliphatic carbocycles. The second-order valence-corrected chi connectivity index (χ2v) is 6.97. The maximum atomic E-state index is 10.8. The van der Waals surface area contributed by atoms with Crippen LogP contribution in [-0.4, -0.2) is 41.3 Å². The Morgan fingerprint density at radius 1 is 1.29 bits per heavy atom. The van der Waals surface area contributed by atoms with Gasteiger partial charge in [0.25, 0.3) is 0 Å². The normalized spacial score (nSPS) is 24.4. The lowest BCUT2D eigenvalue weighted by Gasteiger charge is -2.41. The Kier molecular flexibility index (Phi) is 4.23. The third-order valence-corrected chi connectivity index (χ3v) is 5.33. The number of aliphatic hydroxyl groups excluding tert-OH is 1. The predicted octanol–water partition coefficient (Wildman–Crippen LogP) is 3.18. The summed E-state index contributed by atoms with van der Waals surface area (Å²) in [6.07, 6.45) is 4.05. The summed E-state index contributed by atoms with van der Waals surface area (Å²) < 4.78 is 5.73. The number of benzene rings is 1. The zero-order chi connectivity index (χ0) is 14.9. The van der Waals surface area contributed by atoms with Crippen LogP contribution in [0, 0.1) is 0 Å². The van der Waals surface area contributed by atoms with Gasteiger partial charge >= 0.3 is 0 Å². The molecule has 1 aromatic rings. The SMILES string of the molecule is CC(C)(C(O)CC1CCOc2ccccc21)N1CCCC1. The van der Waals surface area contributed by atoms with Crippen LogP contribution in [-0.2, 0) is 0 Å². The molecule has 1 aromatic carbocycles. The van der Waals surface area contributed by atoms with Gasteiger partial charge in [0.05, 0.1) is 12.7 Å². The minimum Gasteiger partial charge on any atom is -0.493 e. The van der Waals surface area contributed by atoms with Crippen LogP contribution in [0.4, 0.5) is 0 Å². The van der Waals surface area contributed by atoms with Gasteiger partial charge in [0.2, 0.25) is 0 Å². The van der Waals surface area contributed by atoms with Crippen molar-refractivity contribution in [2.45, 2.75) is 57.1 Å². The maximum absolute atomic E-state index is 10.8. The molecule has 3 nitrogen and oxygen atoms in total. The summed E-state index contributed by atoms with van der Waals surface area (Å²) in [5.41, 5.74) is 1.13. The van der Waals surface area contributed by atoms with Crippen molar-refractivity contribution in [3.05, 3.63) is 29.8 Å². The van der Waals surface area contributed by atoms with Crippen molar-refractivity contribution in [3.63, 3.8) is 0 Å². The fraction of sp³-hybridized carbons (Fsp3) is 0.667. The van der Waals surface area contributed by atoms with Crippen molar-refractivity contribution in [1.29, 1.82) is 0 Å². The molecule has 2 atom stereocenters. The van der Waals surface area contributed by atoms with Crippen molar-refractivity contribution in [2.75, 3.05) is 19.7 Å². The van der Waals surface area contributed by atoms with E-state index in [-0.39, 0.29) is 11.6 Å². The van der Waals surface area contributed by atoms with Crippen LogP contribution < -0.4 is 4.74 Å². The molecule has 2 unspecified atom stereocenters. The van der Waals surface area contributed by atoms with Gasteiger partial charge in [0, 0.05) is 5.54 Å². The Morgan fingerprint density at radius 2 is 2.00 bits per heavy atom. The van der Waals surface area contributed by atoms with E-state index >= 15 is 0 Å². The zero-order valence-electron chi connectivity index (χ0n) is 13.2. The van der Waals surface area contributed by atoms with Gasteiger partial charge in [-0.15, -0.1) is 0 Å². The standard InChI is InChI=1S/C18H27NO2/c1-18(2,19-10-5-6-11-19)17(20)13-14-9-12-21-16-8-4-3-7-15(14)16/h3-4,7-8,14,17,20H,5-6,9-13H2,1-2H3. The number of hydrogen-bond donors (Lipinski definition) is 1. The van der Waals surface area contributed by atoms with Crippen molar-refractivity contribution in [2.24, 2.45) is 0 Å². The van der Waals surface area contributed by atoms with E-state index in [0.29, 0.717) is 5.92 Å². The summed E-state index contributed by atoms with van der Waals surface area (Å²) in [7, 11) is 0. The van der Waals surface area contributed by atoms with E-state index < -0.39 is 0 Å². The van der Waals surface area contributed by atoms with E-state index in [1.54, 1.807) is 0 Å². The number of rotatable bonds is 4. The second-order valence-electron chi connectivity index (χ2n) is 6.97. The maximum Gasteiger partial charge on any atom is 0.122 e. The van der Waals surface area contributed by atoms with E-state index in [9.17, 15) is 5.11 Å². The molecule has 3 rings (SSSR count). The number of likely N-dealkylation sites (tertiary alicyclic amines) is 1. The molecule has 3 heteroatoms. The van der Waals surface area contributed by atoms with Crippen molar-refractivity contribution >= 4 is 0 Å². The largest absolute Gasteiger partial charge is 0.493 e. The van der Waals surface area contributed by atoms with Gasteiger partial charge in [0.15, 0.2) is 0 Å². The molecule has 21 heavy (non-hydrogen) atoms. The van der Waals surface area contributed by atoms with E-state index in [2.05, 4.69) is 30.9 Å². The molecule has 2 heterocycles. The first-order valence-corrected chi connectivity index (χ1v) is 8.24. The lowest BCUT2D eigenvalue weighted by atomic mass is 9.82. The summed E-state index contributed by atoms with van der Waals surface area (Å²) in [4.78, 5) is 2.45. The van der Waals surface area contributed by atoms with Crippen LogP contribution in [0.15, 0.2) is 24.3 Å². The van der Waals surface area contributed by atoms with Crippen LogP contribution in [0.2, 0.25) is 0 Å². The van der Waals surface area contributed by atoms with Gasteiger partial charge in [-0.2, -0.15) is 0 Å². The zero-order valence-corrected chi connectivity index (χ0v) is 13.2. The minimum atomic E-state index is -0.299. The predicted molar refractivity (Wildman–Crippen MR) is 84.8 cm³/mol.